The smallest absolute Gasteiger partial charge is 0.123 e. The molecule has 18 heavy (non-hydrogen) atoms. The maximum absolute atomic E-state index is 12.8. The highest BCUT2D eigenvalue weighted by molar-refractivity contribution is 5.46. The first-order chi connectivity index (χ1) is 8.54. The van der Waals surface area contributed by atoms with Gasteiger partial charge in [0.25, 0.3) is 0 Å². The fourth-order valence-corrected chi connectivity index (χ4v) is 2.03. The first kappa shape index (κ1) is 12.6. The van der Waals surface area contributed by atoms with Crippen molar-refractivity contribution in [3.63, 3.8) is 0 Å². The molecule has 3 nitrogen and oxygen atoms in total. The van der Waals surface area contributed by atoms with Crippen LogP contribution >= 0.6 is 0 Å². The van der Waals surface area contributed by atoms with Gasteiger partial charge in [-0.25, -0.2) is 4.39 Å². The SMILES string of the molecule is Cc1nn(C)cc1NC(C)Cc1ccc(F)cc1. The average molecular weight is 247 g/mol. The average Bonchev–Trinajstić information content (AvgIpc) is 2.61. The zero-order valence-corrected chi connectivity index (χ0v) is 10.9. The van der Waals surface area contributed by atoms with E-state index in [0.29, 0.717) is 0 Å². The van der Waals surface area contributed by atoms with Crippen molar-refractivity contribution in [1.82, 2.24) is 9.78 Å². The molecule has 1 N–H and O–H groups in total. The van der Waals surface area contributed by atoms with Crippen molar-refractivity contribution in [1.29, 1.82) is 0 Å². The summed E-state index contributed by atoms with van der Waals surface area (Å²) in [6, 6.07) is 6.92. The molecule has 0 saturated carbocycles. The maximum atomic E-state index is 12.8. The van der Waals surface area contributed by atoms with Gasteiger partial charge in [0.15, 0.2) is 0 Å². The highest BCUT2D eigenvalue weighted by Crippen LogP contribution is 2.15. The summed E-state index contributed by atoms with van der Waals surface area (Å²) in [4.78, 5) is 0. The molecular weight excluding hydrogens is 229 g/mol. The molecule has 4 heteroatoms. The van der Waals surface area contributed by atoms with Gasteiger partial charge in [0.1, 0.15) is 5.82 Å². The van der Waals surface area contributed by atoms with E-state index in [9.17, 15) is 4.39 Å². The van der Waals surface area contributed by atoms with Gasteiger partial charge in [-0.3, -0.25) is 4.68 Å². The van der Waals surface area contributed by atoms with E-state index < -0.39 is 0 Å². The van der Waals surface area contributed by atoms with Crippen LogP contribution in [0.25, 0.3) is 0 Å². The Labute approximate surface area is 107 Å². The van der Waals surface area contributed by atoms with Crippen molar-refractivity contribution >= 4 is 5.69 Å². The zero-order chi connectivity index (χ0) is 13.1. The third-order valence-corrected chi connectivity index (χ3v) is 2.87. The van der Waals surface area contributed by atoms with E-state index in [0.717, 1.165) is 23.4 Å². The Hall–Kier alpha value is -1.84. The minimum absolute atomic E-state index is 0.192. The number of aromatic nitrogens is 2. The van der Waals surface area contributed by atoms with Crippen molar-refractivity contribution in [3.05, 3.63) is 47.5 Å². The van der Waals surface area contributed by atoms with Gasteiger partial charge in [0, 0.05) is 19.3 Å². The lowest BCUT2D eigenvalue weighted by Gasteiger charge is -2.14. The van der Waals surface area contributed by atoms with Gasteiger partial charge in [-0.15, -0.1) is 0 Å². The van der Waals surface area contributed by atoms with E-state index in [2.05, 4.69) is 17.3 Å². The monoisotopic (exact) mass is 247 g/mol. The van der Waals surface area contributed by atoms with Crippen molar-refractivity contribution < 1.29 is 4.39 Å². The van der Waals surface area contributed by atoms with E-state index >= 15 is 0 Å². The summed E-state index contributed by atoms with van der Waals surface area (Å²) in [5.41, 5.74) is 3.16. The van der Waals surface area contributed by atoms with Crippen LogP contribution in [-0.4, -0.2) is 15.8 Å². The second kappa shape index (κ2) is 5.21. The van der Waals surface area contributed by atoms with Gasteiger partial charge < -0.3 is 5.32 Å². The largest absolute Gasteiger partial charge is 0.380 e. The van der Waals surface area contributed by atoms with E-state index in [1.165, 1.54) is 12.1 Å². The lowest BCUT2D eigenvalue weighted by molar-refractivity contribution is 0.626. The molecule has 0 radical (unpaired) electrons. The van der Waals surface area contributed by atoms with Crippen molar-refractivity contribution in [3.8, 4) is 0 Å². The Kier molecular flexibility index (Phi) is 3.65. The highest BCUT2D eigenvalue weighted by Gasteiger charge is 2.08. The number of benzene rings is 1. The zero-order valence-electron chi connectivity index (χ0n) is 10.9. The molecule has 0 bridgehead atoms. The third kappa shape index (κ3) is 3.09. The summed E-state index contributed by atoms with van der Waals surface area (Å²) >= 11 is 0. The van der Waals surface area contributed by atoms with Crippen LogP contribution in [0.2, 0.25) is 0 Å². The van der Waals surface area contributed by atoms with Crippen LogP contribution in [0.5, 0.6) is 0 Å². The molecule has 0 fully saturated rings. The highest BCUT2D eigenvalue weighted by atomic mass is 19.1. The van der Waals surface area contributed by atoms with Crippen LogP contribution in [0.1, 0.15) is 18.2 Å². The van der Waals surface area contributed by atoms with E-state index in [-0.39, 0.29) is 11.9 Å². The molecule has 1 atom stereocenters. The third-order valence-electron chi connectivity index (χ3n) is 2.87. The molecule has 1 aromatic heterocycles. The van der Waals surface area contributed by atoms with Gasteiger partial charge in [0.2, 0.25) is 0 Å². The van der Waals surface area contributed by atoms with E-state index in [1.807, 2.05) is 32.3 Å². The van der Waals surface area contributed by atoms with Crippen LogP contribution in [0.4, 0.5) is 10.1 Å². The Morgan fingerprint density at radius 2 is 2.00 bits per heavy atom. The lowest BCUT2D eigenvalue weighted by atomic mass is 10.1. The Morgan fingerprint density at radius 1 is 1.33 bits per heavy atom. The summed E-state index contributed by atoms with van der Waals surface area (Å²) in [6.45, 7) is 4.09. The van der Waals surface area contributed by atoms with Crippen LogP contribution in [0.3, 0.4) is 0 Å². The summed E-state index contributed by atoms with van der Waals surface area (Å²) in [7, 11) is 1.91. The molecule has 0 saturated heterocycles. The number of rotatable bonds is 4. The fraction of sp³-hybridized carbons (Fsp3) is 0.357. The van der Waals surface area contributed by atoms with Crippen molar-refractivity contribution in [2.75, 3.05) is 5.32 Å². The van der Waals surface area contributed by atoms with Gasteiger partial charge in [-0.1, -0.05) is 12.1 Å². The Bertz CT molecular complexity index is 516. The number of halogens is 1. The van der Waals surface area contributed by atoms with Crippen molar-refractivity contribution in [2.24, 2.45) is 7.05 Å². The maximum Gasteiger partial charge on any atom is 0.123 e. The molecule has 0 aliphatic rings. The summed E-state index contributed by atoms with van der Waals surface area (Å²) < 4.78 is 14.6. The normalized spacial score (nSPS) is 12.4. The molecule has 1 unspecified atom stereocenters. The molecule has 1 aromatic carbocycles. The predicted molar refractivity (Wildman–Crippen MR) is 71.1 cm³/mol. The second-order valence-electron chi connectivity index (χ2n) is 4.68. The molecule has 0 spiro atoms. The first-order valence-electron chi connectivity index (χ1n) is 6.06. The second-order valence-corrected chi connectivity index (χ2v) is 4.68. The van der Waals surface area contributed by atoms with Crippen LogP contribution in [0, 0.1) is 12.7 Å². The van der Waals surface area contributed by atoms with Gasteiger partial charge in [-0.2, -0.15) is 5.10 Å². The Morgan fingerprint density at radius 3 is 2.56 bits per heavy atom. The molecule has 0 aliphatic heterocycles. The van der Waals surface area contributed by atoms with Crippen LogP contribution in [-0.2, 0) is 13.5 Å². The van der Waals surface area contributed by atoms with Crippen LogP contribution < -0.4 is 5.32 Å². The van der Waals surface area contributed by atoms with E-state index in [1.54, 1.807) is 4.68 Å². The molecule has 0 aliphatic carbocycles. The predicted octanol–water partition coefficient (Wildman–Crippen LogP) is 2.91. The van der Waals surface area contributed by atoms with Crippen molar-refractivity contribution in [2.45, 2.75) is 26.3 Å². The first-order valence-corrected chi connectivity index (χ1v) is 6.06. The number of nitrogens with one attached hydrogen (secondary N) is 1. The quantitative estimate of drug-likeness (QED) is 0.900. The molecular formula is C14H18FN3. The van der Waals surface area contributed by atoms with Gasteiger partial charge in [-0.05, 0) is 38.0 Å². The Balaban J connectivity index is 1.98. The molecule has 2 aromatic rings. The van der Waals surface area contributed by atoms with Gasteiger partial charge in [0.05, 0.1) is 11.4 Å². The topological polar surface area (TPSA) is 29.9 Å². The molecule has 0 amide bonds. The van der Waals surface area contributed by atoms with E-state index in [4.69, 9.17) is 0 Å². The number of hydrogen-bond donors (Lipinski definition) is 1. The summed E-state index contributed by atoms with van der Waals surface area (Å²) in [5.74, 6) is -0.192. The fourth-order valence-electron chi connectivity index (χ4n) is 2.03. The minimum atomic E-state index is -0.192. The standard InChI is InChI=1S/C14H18FN3/c1-10(8-12-4-6-13(15)7-5-12)16-14-9-18(3)17-11(14)2/h4-7,9-10,16H,8H2,1-3H3. The molecule has 2 rings (SSSR count). The number of anilines is 1. The minimum Gasteiger partial charge on any atom is -0.380 e. The lowest BCUT2D eigenvalue weighted by Crippen LogP contribution is -2.18. The number of hydrogen-bond acceptors (Lipinski definition) is 2. The number of aryl methyl sites for hydroxylation is 2. The summed E-state index contributed by atoms with van der Waals surface area (Å²) in [5, 5.41) is 7.70. The summed E-state index contributed by atoms with van der Waals surface area (Å²) in [6.07, 6.45) is 2.82. The van der Waals surface area contributed by atoms with Crippen LogP contribution in [0.15, 0.2) is 30.5 Å². The number of nitrogens with zero attached hydrogens (tertiary/aromatic N) is 2. The molecule has 96 valence electrons. The molecule has 1 heterocycles. The van der Waals surface area contributed by atoms with Gasteiger partial charge >= 0.3 is 0 Å².